The van der Waals surface area contributed by atoms with E-state index < -0.39 is 24.1 Å². The predicted octanol–water partition coefficient (Wildman–Crippen LogP) is 1.63. The Kier molecular flexibility index (Phi) is 7.49. The Labute approximate surface area is 161 Å². The highest BCUT2D eigenvalue weighted by molar-refractivity contribution is 5.73. The molecule has 0 fully saturated rings. The third-order valence-electron chi connectivity index (χ3n) is 3.89. The molecule has 0 aliphatic rings. The van der Waals surface area contributed by atoms with E-state index in [0.29, 0.717) is 12.1 Å². The molecule has 0 aliphatic carbocycles. The number of aliphatic carboxylic acids is 2. The van der Waals surface area contributed by atoms with Crippen molar-refractivity contribution in [2.24, 2.45) is 0 Å². The van der Waals surface area contributed by atoms with Gasteiger partial charge < -0.3 is 20.3 Å². The number of carbonyl (C=O) groups excluding carboxylic acids is 1. The number of aromatic nitrogens is 3. The van der Waals surface area contributed by atoms with Crippen molar-refractivity contribution in [3.63, 3.8) is 0 Å². The average Bonchev–Trinajstić information content (AvgIpc) is 3.08. The summed E-state index contributed by atoms with van der Waals surface area (Å²) in [5, 5.41) is 28.3. The van der Waals surface area contributed by atoms with E-state index in [4.69, 9.17) is 9.84 Å². The Bertz CT molecular complexity index is 807. The molecule has 2 atom stereocenters. The lowest BCUT2D eigenvalue weighted by atomic mass is 10.1. The van der Waals surface area contributed by atoms with Crippen LogP contribution in [0.2, 0.25) is 0 Å². The smallest absolute Gasteiger partial charge is 0.407 e. The molecule has 2 rings (SSSR count). The summed E-state index contributed by atoms with van der Waals surface area (Å²) in [7, 11) is 0. The Morgan fingerprint density at radius 2 is 1.93 bits per heavy atom. The number of nitrogens with one attached hydrogen (secondary N) is 1. The fourth-order valence-corrected chi connectivity index (χ4v) is 2.52. The van der Waals surface area contributed by atoms with Crippen molar-refractivity contribution in [3.8, 4) is 0 Å². The quantitative estimate of drug-likeness (QED) is 0.555. The third kappa shape index (κ3) is 6.71. The van der Waals surface area contributed by atoms with Crippen LogP contribution in [0.25, 0.3) is 0 Å². The van der Waals surface area contributed by atoms with Gasteiger partial charge in [0.05, 0.1) is 5.69 Å². The monoisotopic (exact) mass is 390 g/mol. The summed E-state index contributed by atoms with van der Waals surface area (Å²) in [4.78, 5) is 33.8. The van der Waals surface area contributed by atoms with Crippen molar-refractivity contribution >= 4 is 18.0 Å². The van der Waals surface area contributed by atoms with Crippen LogP contribution in [0.15, 0.2) is 36.5 Å². The number of ether oxygens (including phenoxy) is 1. The molecule has 0 spiro atoms. The van der Waals surface area contributed by atoms with Crippen molar-refractivity contribution in [2.75, 3.05) is 0 Å². The predicted molar refractivity (Wildman–Crippen MR) is 96.5 cm³/mol. The molecule has 2 unspecified atom stereocenters. The van der Waals surface area contributed by atoms with Crippen LogP contribution in [0.5, 0.6) is 0 Å². The number of alkyl carbamates (subject to hydrolysis) is 1. The Morgan fingerprint density at radius 1 is 1.21 bits per heavy atom. The molecule has 3 N–H and O–H groups in total. The van der Waals surface area contributed by atoms with Gasteiger partial charge in [0.25, 0.3) is 0 Å². The van der Waals surface area contributed by atoms with Crippen LogP contribution >= 0.6 is 0 Å². The van der Waals surface area contributed by atoms with Crippen LogP contribution in [0.3, 0.4) is 0 Å². The lowest BCUT2D eigenvalue weighted by molar-refractivity contribution is -0.142. The fourth-order valence-electron chi connectivity index (χ4n) is 2.52. The summed E-state index contributed by atoms with van der Waals surface area (Å²) in [5.41, 5.74) is 1.34. The molecule has 2 aromatic rings. The Hall–Kier alpha value is -3.43. The molecular weight excluding hydrogens is 368 g/mol. The van der Waals surface area contributed by atoms with Gasteiger partial charge in [-0.3, -0.25) is 4.79 Å². The van der Waals surface area contributed by atoms with Crippen LogP contribution < -0.4 is 5.32 Å². The number of nitrogens with zero attached hydrogens (tertiary/aromatic N) is 3. The largest absolute Gasteiger partial charge is 0.481 e. The maximum absolute atomic E-state index is 11.9. The second-order valence-corrected chi connectivity index (χ2v) is 6.29. The molecule has 1 amide bonds. The van der Waals surface area contributed by atoms with E-state index in [0.717, 1.165) is 10.2 Å². The van der Waals surface area contributed by atoms with E-state index in [1.165, 1.54) is 6.20 Å². The molecule has 28 heavy (non-hydrogen) atoms. The highest BCUT2D eigenvalue weighted by Gasteiger charge is 2.22. The normalized spacial score (nSPS) is 12.8. The number of amides is 1. The summed E-state index contributed by atoms with van der Waals surface area (Å²) < 4.78 is 6.27. The molecule has 1 aromatic heterocycles. The number of hydrogen-bond acceptors (Lipinski definition) is 6. The number of benzene rings is 1. The molecule has 1 heterocycles. The number of carboxylic acids is 2. The molecule has 1 aromatic carbocycles. The highest BCUT2D eigenvalue weighted by atomic mass is 16.5. The summed E-state index contributed by atoms with van der Waals surface area (Å²) in [6.45, 7) is 1.90. The first-order valence-electron chi connectivity index (χ1n) is 8.67. The first-order valence-corrected chi connectivity index (χ1v) is 8.67. The molecule has 10 heteroatoms. The van der Waals surface area contributed by atoms with Gasteiger partial charge in [0, 0.05) is 25.1 Å². The van der Waals surface area contributed by atoms with Crippen molar-refractivity contribution in [3.05, 3.63) is 47.8 Å². The van der Waals surface area contributed by atoms with Crippen LogP contribution in [-0.2, 0) is 27.4 Å². The number of hydrogen-bond donors (Lipinski definition) is 3. The number of carboxylic acid groups (broad SMARTS) is 2. The van der Waals surface area contributed by atoms with Crippen molar-refractivity contribution in [1.29, 1.82) is 0 Å². The molecule has 0 saturated carbocycles. The fraction of sp³-hybridized carbons (Fsp3) is 0.389. The van der Waals surface area contributed by atoms with E-state index in [-0.39, 0.29) is 25.5 Å². The first-order chi connectivity index (χ1) is 13.3. The second-order valence-electron chi connectivity index (χ2n) is 6.29. The highest BCUT2D eigenvalue weighted by Crippen LogP contribution is 2.14. The van der Waals surface area contributed by atoms with Gasteiger partial charge in [-0.05, 0) is 18.9 Å². The average molecular weight is 390 g/mol. The number of rotatable bonds is 10. The van der Waals surface area contributed by atoms with E-state index in [9.17, 15) is 19.5 Å². The Balaban J connectivity index is 1.84. The molecule has 0 saturated heterocycles. The molecule has 10 nitrogen and oxygen atoms in total. The van der Waals surface area contributed by atoms with Crippen molar-refractivity contribution in [1.82, 2.24) is 20.3 Å². The van der Waals surface area contributed by atoms with Crippen molar-refractivity contribution < 1.29 is 29.3 Å². The minimum absolute atomic E-state index is 0.104. The van der Waals surface area contributed by atoms with Crippen LogP contribution in [-0.4, -0.2) is 49.3 Å². The number of carbonyl (C=O) groups is 3. The summed E-state index contributed by atoms with van der Waals surface area (Å²) in [6.07, 6.45) is 0.776. The third-order valence-corrected chi connectivity index (χ3v) is 3.89. The summed E-state index contributed by atoms with van der Waals surface area (Å²) >= 11 is 0. The molecule has 0 bridgehead atoms. The van der Waals surface area contributed by atoms with Gasteiger partial charge in [-0.25, -0.2) is 14.3 Å². The molecular formula is C18H22N4O6. The first kappa shape index (κ1) is 20.9. The van der Waals surface area contributed by atoms with Gasteiger partial charge in [0.15, 0.2) is 6.04 Å². The maximum Gasteiger partial charge on any atom is 0.407 e. The van der Waals surface area contributed by atoms with Gasteiger partial charge in [-0.2, -0.15) is 0 Å². The van der Waals surface area contributed by atoms with E-state index in [1.54, 1.807) is 6.92 Å². The van der Waals surface area contributed by atoms with E-state index >= 15 is 0 Å². The van der Waals surface area contributed by atoms with Gasteiger partial charge in [0.2, 0.25) is 0 Å². The standard InChI is InChI=1S/C18H22N4O6/c1-12(19-18(27)28-11-13-5-3-2-4-6-13)9-14-10-22(21-20-14)15(17(25)26)7-8-16(23)24/h2-6,10,12,15H,7-9,11H2,1H3,(H,19,27)(H,23,24)(H,25,26). The van der Waals surface area contributed by atoms with E-state index in [1.807, 2.05) is 30.3 Å². The van der Waals surface area contributed by atoms with Gasteiger partial charge in [0.1, 0.15) is 6.61 Å². The van der Waals surface area contributed by atoms with Gasteiger partial charge in [-0.15, -0.1) is 5.10 Å². The maximum atomic E-state index is 11.9. The summed E-state index contributed by atoms with van der Waals surface area (Å²) in [6, 6.07) is 7.82. The van der Waals surface area contributed by atoms with Crippen LogP contribution in [0.1, 0.15) is 37.1 Å². The SMILES string of the molecule is CC(Cc1cn(C(CCC(=O)O)C(=O)O)nn1)NC(=O)OCc1ccccc1. The summed E-state index contributed by atoms with van der Waals surface area (Å²) in [5.74, 6) is -2.27. The van der Waals surface area contributed by atoms with Gasteiger partial charge in [-0.1, -0.05) is 35.5 Å². The van der Waals surface area contributed by atoms with Crippen LogP contribution in [0.4, 0.5) is 4.79 Å². The van der Waals surface area contributed by atoms with E-state index in [2.05, 4.69) is 15.6 Å². The zero-order valence-electron chi connectivity index (χ0n) is 15.3. The van der Waals surface area contributed by atoms with Crippen LogP contribution in [0, 0.1) is 0 Å². The molecule has 150 valence electrons. The second kappa shape index (κ2) is 10.0. The molecule has 0 aliphatic heterocycles. The van der Waals surface area contributed by atoms with Crippen molar-refractivity contribution in [2.45, 2.75) is 44.9 Å². The van der Waals surface area contributed by atoms with Gasteiger partial charge >= 0.3 is 18.0 Å². The topological polar surface area (TPSA) is 144 Å². The minimum atomic E-state index is -1.19. The Morgan fingerprint density at radius 3 is 2.57 bits per heavy atom. The zero-order valence-corrected chi connectivity index (χ0v) is 15.3. The lowest BCUT2D eigenvalue weighted by Gasteiger charge is -2.13. The zero-order chi connectivity index (χ0) is 20.5. The minimum Gasteiger partial charge on any atom is -0.481 e. The molecule has 0 radical (unpaired) electrons. The lowest BCUT2D eigenvalue weighted by Crippen LogP contribution is -2.34.